The van der Waals surface area contributed by atoms with Gasteiger partial charge in [0.15, 0.2) is 5.82 Å². The normalized spacial score (nSPS) is 16.9. The van der Waals surface area contributed by atoms with Crippen molar-refractivity contribution in [3.63, 3.8) is 0 Å². The topological polar surface area (TPSA) is 220 Å². The molecule has 3 saturated heterocycles. The number of aryl methyl sites for hydroxylation is 1. The number of imide groups is 1. The molecule has 0 spiro atoms. The number of ether oxygens (including phenoxy) is 1. The summed E-state index contributed by atoms with van der Waals surface area (Å²) >= 11 is 3.35. The number of rotatable bonds is 18. The van der Waals surface area contributed by atoms with Crippen molar-refractivity contribution in [1.82, 2.24) is 35.0 Å². The van der Waals surface area contributed by atoms with Crippen LogP contribution in [0.5, 0.6) is 5.75 Å². The molecule has 4 aliphatic rings. The molecule has 3 N–H and O–H groups in total. The van der Waals surface area contributed by atoms with Gasteiger partial charge in [0.2, 0.25) is 34.0 Å². The van der Waals surface area contributed by atoms with E-state index in [2.05, 4.69) is 63.5 Å². The number of anilines is 6. The summed E-state index contributed by atoms with van der Waals surface area (Å²) in [7, 11) is -6.05. The summed E-state index contributed by atoms with van der Waals surface area (Å²) < 4.78 is 90.4. The highest BCUT2D eigenvalue weighted by molar-refractivity contribution is 9.10. The summed E-state index contributed by atoms with van der Waals surface area (Å²) in [5, 5.41) is 8.83. The van der Waals surface area contributed by atoms with E-state index in [0.717, 1.165) is 67.6 Å². The molecule has 6 heterocycles. The highest BCUT2D eigenvalue weighted by atomic mass is 79.9. The number of nitrogens with zero attached hydrogens (tertiary/aromatic N) is 8. The molecular weight excluding hydrogens is 1180 g/mol. The maximum atomic E-state index is 14.3. The van der Waals surface area contributed by atoms with Crippen LogP contribution in [0.1, 0.15) is 66.7 Å². The molecule has 4 aromatic carbocycles. The van der Waals surface area contributed by atoms with Crippen molar-refractivity contribution in [2.24, 2.45) is 5.92 Å². The van der Waals surface area contributed by atoms with Crippen LogP contribution in [-0.4, -0.2) is 147 Å². The number of methoxy groups -OCH3 is 1. The van der Waals surface area contributed by atoms with Crippen LogP contribution in [0.4, 0.5) is 47.7 Å². The lowest BCUT2D eigenvalue weighted by molar-refractivity contribution is -0.141. The number of benzene rings is 4. The molecule has 83 heavy (non-hydrogen) atoms. The maximum Gasteiger partial charge on any atom is 0.433 e. The average molecular weight is 1240 g/mol. The smallest absolute Gasteiger partial charge is 0.433 e. The molecule has 10 rings (SSSR count). The van der Waals surface area contributed by atoms with Crippen molar-refractivity contribution < 1.29 is 50.1 Å². The van der Waals surface area contributed by atoms with Crippen molar-refractivity contribution in [3.05, 3.63) is 112 Å². The van der Waals surface area contributed by atoms with Crippen LogP contribution in [-0.2, 0) is 47.9 Å². The molecule has 4 amide bonds. The summed E-state index contributed by atoms with van der Waals surface area (Å²) in [4.78, 5) is 72.8. The van der Waals surface area contributed by atoms with Gasteiger partial charge in [0.05, 0.1) is 41.0 Å². The Hall–Kier alpha value is -7.14. The summed E-state index contributed by atoms with van der Waals surface area (Å²) in [6.07, 6.45) is -0.0858. The van der Waals surface area contributed by atoms with E-state index < -0.39 is 28.8 Å². The number of piperazine rings is 1. The van der Waals surface area contributed by atoms with Crippen LogP contribution >= 0.6 is 23.1 Å². The first-order valence-corrected chi connectivity index (χ1v) is 32.3. The molecule has 0 radical (unpaired) electrons. The first-order valence-electron chi connectivity index (χ1n) is 27.4. The van der Waals surface area contributed by atoms with E-state index >= 15 is 0 Å². The molecule has 4 aliphatic heterocycles. The van der Waals surface area contributed by atoms with E-state index in [1.165, 1.54) is 49.9 Å². The Labute approximate surface area is 487 Å². The standard InChI is InChI=1S/C58H64BrF3N11O8PS/c1-6-36-28-47(67-57-63-30-50(83(79,80)42-11-8-39(59)9-12-42)54(68-57)66-46-16-15-45-44(53(46)82(4,5)78)14-17-51(65-45)58(60,61)62)49(81-3)29-48(36)70-21-19-40(20-22-70)69-23-25-71(26-24-69)55(76)38-31-72(32-38)41-10-13-43-37(27-41)33-73(56(43)77)35(2)7-18-52(75)64-34-74/h8-17,27-30,34-35,38,40H,6-7,18-26,31-33H2,1-5H3,(H,64,74,75)(H2,63,66,67,68). The van der Waals surface area contributed by atoms with Gasteiger partial charge in [-0.1, -0.05) is 22.9 Å². The first kappa shape index (κ1) is 59.0. The number of halogens is 4. The fourth-order valence-corrected chi connectivity index (χ4v) is 14.6. The lowest BCUT2D eigenvalue weighted by Gasteiger charge is -2.46. The SMILES string of the molecule is CCc1cc(Nc2ncc(S(=O)(=O)c3ccc(Br)cc3)c(Nc3ccc4nc(C(F)(F)F)ccc4c3P(C)(C)=O)n2)c(OC)cc1N1CCC(N2CCN(C(=O)C3CN(c4ccc5c(c4)CN(C(C)CCC(=O)NC=O)C5=O)C3)CC2)CC1. The van der Waals surface area contributed by atoms with Gasteiger partial charge in [-0.2, -0.15) is 18.2 Å². The zero-order valence-electron chi connectivity index (χ0n) is 46.5. The number of carbonyl (C=O) groups is 4. The second kappa shape index (κ2) is 23.8. The molecule has 1 unspecified atom stereocenters. The number of amides is 4. The van der Waals surface area contributed by atoms with Crippen LogP contribution < -0.4 is 35.8 Å². The third-order valence-electron chi connectivity index (χ3n) is 16.1. The highest BCUT2D eigenvalue weighted by Gasteiger charge is 2.40. The van der Waals surface area contributed by atoms with Crippen LogP contribution in [0, 0.1) is 5.92 Å². The van der Waals surface area contributed by atoms with E-state index in [1.807, 2.05) is 42.2 Å². The minimum absolute atomic E-state index is 0.00338. The Morgan fingerprint density at radius 3 is 2.29 bits per heavy atom. The Balaban J connectivity index is 0.780. The Morgan fingerprint density at radius 2 is 1.63 bits per heavy atom. The highest BCUT2D eigenvalue weighted by Crippen LogP contribution is 2.44. The van der Waals surface area contributed by atoms with Gasteiger partial charge in [-0.15, -0.1) is 0 Å². The quantitative estimate of drug-likeness (QED) is 0.0542. The van der Waals surface area contributed by atoms with E-state index in [-0.39, 0.29) is 79.6 Å². The molecule has 438 valence electrons. The van der Waals surface area contributed by atoms with Crippen LogP contribution in [0.15, 0.2) is 99.3 Å². The predicted molar refractivity (Wildman–Crippen MR) is 315 cm³/mol. The number of sulfone groups is 1. The number of hydrogen-bond acceptors (Lipinski definition) is 16. The van der Waals surface area contributed by atoms with Crippen molar-refractivity contribution in [1.29, 1.82) is 0 Å². The molecule has 6 aromatic rings. The maximum absolute atomic E-state index is 14.3. The van der Waals surface area contributed by atoms with Crippen LogP contribution in [0.25, 0.3) is 10.9 Å². The molecule has 0 bridgehead atoms. The number of aromatic nitrogens is 3. The van der Waals surface area contributed by atoms with E-state index in [1.54, 1.807) is 24.1 Å². The average Bonchev–Trinajstić information content (AvgIpc) is 3.84. The number of nitrogens with one attached hydrogen (secondary N) is 3. The lowest BCUT2D eigenvalue weighted by Crippen LogP contribution is -2.59. The molecule has 19 nitrogen and oxygen atoms in total. The molecule has 0 saturated carbocycles. The second-order valence-electron chi connectivity index (χ2n) is 21.8. The molecule has 2 aromatic heterocycles. The fraction of sp³-hybridized carbons (Fsp3) is 0.397. The summed E-state index contributed by atoms with van der Waals surface area (Å²) in [6.45, 7) is 13.0. The number of carbonyl (C=O) groups excluding carboxylic acids is 4. The Morgan fingerprint density at radius 1 is 0.904 bits per heavy atom. The monoisotopic (exact) mass is 1240 g/mol. The third kappa shape index (κ3) is 12.4. The van der Waals surface area contributed by atoms with Gasteiger partial charge in [0.1, 0.15) is 23.5 Å². The second-order valence-corrected chi connectivity index (χ2v) is 27.7. The van der Waals surface area contributed by atoms with E-state index in [4.69, 9.17) is 9.72 Å². The number of fused-ring (bicyclic) bond motifs is 2. The van der Waals surface area contributed by atoms with Gasteiger partial charge in [-0.3, -0.25) is 29.4 Å². The Bertz CT molecular complexity index is 3660. The van der Waals surface area contributed by atoms with Gasteiger partial charge in [-0.05, 0) is 130 Å². The first-order chi connectivity index (χ1) is 39.5. The van der Waals surface area contributed by atoms with E-state index in [9.17, 15) is 45.3 Å². The third-order valence-corrected chi connectivity index (χ3v) is 20.0. The zero-order valence-corrected chi connectivity index (χ0v) is 49.8. The van der Waals surface area contributed by atoms with Gasteiger partial charge >= 0.3 is 6.18 Å². The molecular formula is C58H64BrF3N11O8PS. The molecule has 1 atom stereocenters. The summed E-state index contributed by atoms with van der Waals surface area (Å²) in [6, 6.07) is 20.8. The fourth-order valence-electron chi connectivity index (χ4n) is 11.6. The lowest BCUT2D eigenvalue weighted by atomic mass is 9.95. The molecule has 3 fully saturated rings. The van der Waals surface area contributed by atoms with Crippen LogP contribution in [0.2, 0.25) is 0 Å². The molecule has 25 heteroatoms. The van der Waals surface area contributed by atoms with Gasteiger partial charge < -0.3 is 39.5 Å². The predicted octanol–water partition coefficient (Wildman–Crippen LogP) is 8.59. The van der Waals surface area contributed by atoms with Crippen molar-refractivity contribution in [2.45, 2.75) is 80.5 Å². The Kier molecular flexibility index (Phi) is 17.0. The number of alkyl halides is 3. The minimum atomic E-state index is -4.71. The number of hydrogen-bond donors (Lipinski definition) is 3. The van der Waals surface area contributed by atoms with Crippen LogP contribution in [0.3, 0.4) is 0 Å². The number of piperidine rings is 1. The summed E-state index contributed by atoms with van der Waals surface area (Å²) in [5.41, 5.74) is 4.10. The van der Waals surface area contributed by atoms with E-state index in [0.29, 0.717) is 79.5 Å². The zero-order chi connectivity index (χ0) is 59.1. The van der Waals surface area contributed by atoms with Gasteiger partial charge in [0.25, 0.3) is 5.91 Å². The van der Waals surface area contributed by atoms with Crippen molar-refractivity contribution in [2.75, 3.05) is 93.2 Å². The summed E-state index contributed by atoms with van der Waals surface area (Å²) in [5.74, 6) is -0.0838. The van der Waals surface area contributed by atoms with Crippen molar-refractivity contribution in [3.8, 4) is 5.75 Å². The largest absolute Gasteiger partial charge is 0.494 e. The van der Waals surface area contributed by atoms with Gasteiger partial charge in [0, 0.05) is 116 Å². The minimum Gasteiger partial charge on any atom is -0.494 e. The van der Waals surface area contributed by atoms with Crippen molar-refractivity contribution >= 4 is 108 Å². The van der Waals surface area contributed by atoms with Gasteiger partial charge in [-0.25, -0.2) is 18.4 Å². The molecule has 0 aliphatic carbocycles. The number of pyridine rings is 1.